The summed E-state index contributed by atoms with van der Waals surface area (Å²) in [5.74, 6) is 0.260. The van der Waals surface area contributed by atoms with Crippen LogP contribution in [-0.4, -0.2) is 32.1 Å². The van der Waals surface area contributed by atoms with Gasteiger partial charge in [0.15, 0.2) is 0 Å². The van der Waals surface area contributed by atoms with E-state index in [2.05, 4.69) is 31.3 Å². The second-order valence-corrected chi connectivity index (χ2v) is 8.69. The Bertz CT molecular complexity index is 1120. The van der Waals surface area contributed by atoms with Gasteiger partial charge in [0.05, 0.1) is 5.02 Å². The molecule has 1 spiro atoms. The average molecular weight is 444 g/mol. The zero-order chi connectivity index (χ0) is 21.6. The van der Waals surface area contributed by atoms with Crippen LogP contribution in [0.2, 0.25) is 5.02 Å². The zero-order valence-corrected chi connectivity index (χ0v) is 17.5. The molecule has 2 aromatic rings. The molecule has 0 aromatic carbocycles. The van der Waals surface area contributed by atoms with Crippen LogP contribution >= 0.6 is 11.6 Å². The summed E-state index contributed by atoms with van der Waals surface area (Å²) in [6.07, 6.45) is 7.54. The van der Waals surface area contributed by atoms with Gasteiger partial charge in [-0.3, -0.25) is 19.8 Å². The van der Waals surface area contributed by atoms with Gasteiger partial charge in [-0.15, -0.1) is 0 Å². The monoisotopic (exact) mass is 443 g/mol. The molecule has 2 fully saturated rings. The van der Waals surface area contributed by atoms with E-state index in [1.54, 1.807) is 6.07 Å². The number of pyridine rings is 1. The molecule has 0 unspecified atom stereocenters. The summed E-state index contributed by atoms with van der Waals surface area (Å²) in [6.45, 7) is 0. The second kappa shape index (κ2) is 7.52. The lowest BCUT2D eigenvalue weighted by Gasteiger charge is -2.43. The van der Waals surface area contributed by atoms with Crippen molar-refractivity contribution in [2.75, 3.05) is 16.1 Å². The van der Waals surface area contributed by atoms with Gasteiger partial charge in [-0.05, 0) is 44.6 Å². The first-order valence-electron chi connectivity index (χ1n) is 10.4. The molecule has 5 rings (SSSR count). The number of nitrogens with zero attached hydrogens (tertiary/aromatic N) is 3. The van der Waals surface area contributed by atoms with E-state index in [0.717, 1.165) is 44.9 Å². The highest BCUT2D eigenvalue weighted by Gasteiger charge is 2.40. The minimum atomic E-state index is -0.650. The maximum Gasteiger partial charge on any atom is 0.293 e. The number of amides is 2. The Morgan fingerprint density at radius 3 is 2.61 bits per heavy atom. The van der Waals surface area contributed by atoms with Crippen LogP contribution in [0.15, 0.2) is 23.3 Å². The minimum absolute atomic E-state index is 0.0415. The van der Waals surface area contributed by atoms with E-state index in [1.807, 2.05) is 0 Å². The third kappa shape index (κ3) is 3.83. The fourth-order valence-electron chi connectivity index (χ4n) is 4.11. The second-order valence-electron chi connectivity index (χ2n) is 8.28. The number of hydrogen-bond donors (Lipinski definition) is 4. The largest absolute Gasteiger partial charge is 0.335 e. The van der Waals surface area contributed by atoms with Gasteiger partial charge in [0.2, 0.25) is 5.91 Å². The molecule has 11 heteroatoms. The number of rotatable bonds is 4. The molecule has 31 heavy (non-hydrogen) atoms. The summed E-state index contributed by atoms with van der Waals surface area (Å²) in [7, 11) is 0. The lowest BCUT2D eigenvalue weighted by Crippen LogP contribution is -2.64. The highest BCUT2D eigenvalue weighted by atomic mass is 35.5. The Balaban J connectivity index is 1.44. The quantitative estimate of drug-likeness (QED) is 0.570. The number of hydrogen-bond acceptors (Lipinski definition) is 7. The summed E-state index contributed by atoms with van der Waals surface area (Å²) >= 11 is 6.36. The van der Waals surface area contributed by atoms with Crippen LogP contribution in [0.3, 0.4) is 0 Å². The summed E-state index contributed by atoms with van der Waals surface area (Å²) in [5, 5.41) is 8.80. The first-order valence-corrected chi connectivity index (χ1v) is 10.8. The van der Waals surface area contributed by atoms with E-state index in [1.165, 1.54) is 17.1 Å². The van der Waals surface area contributed by atoms with Crippen LogP contribution in [-0.2, 0) is 4.79 Å². The number of carbonyl (C=O) groups excluding carboxylic acids is 2. The molecule has 2 aliphatic carbocycles. The Morgan fingerprint density at radius 1 is 1.13 bits per heavy atom. The third-order valence-electron chi connectivity index (χ3n) is 5.88. The molecule has 2 saturated carbocycles. The molecule has 1 aliphatic heterocycles. The maximum absolute atomic E-state index is 13.2. The highest BCUT2D eigenvalue weighted by Crippen LogP contribution is 2.32. The van der Waals surface area contributed by atoms with Crippen molar-refractivity contribution >= 4 is 40.7 Å². The van der Waals surface area contributed by atoms with Crippen molar-refractivity contribution in [1.82, 2.24) is 20.0 Å². The summed E-state index contributed by atoms with van der Waals surface area (Å²) in [5.41, 5.74) is 2.33. The van der Waals surface area contributed by atoms with Crippen LogP contribution in [0, 0.1) is 5.92 Å². The van der Waals surface area contributed by atoms with Gasteiger partial charge in [-0.1, -0.05) is 18.0 Å². The van der Waals surface area contributed by atoms with E-state index in [-0.39, 0.29) is 34.1 Å². The summed E-state index contributed by atoms with van der Waals surface area (Å²) in [6, 6.07) is 2.95. The normalized spacial score (nSPS) is 19.2. The molecule has 0 atom stereocenters. The van der Waals surface area contributed by atoms with E-state index in [0.29, 0.717) is 11.6 Å². The predicted molar refractivity (Wildman–Crippen MR) is 115 cm³/mol. The average Bonchev–Trinajstić information content (AvgIpc) is 3.58. The van der Waals surface area contributed by atoms with Crippen LogP contribution in [0.5, 0.6) is 0 Å². The van der Waals surface area contributed by atoms with Crippen LogP contribution in [0.1, 0.15) is 55.4 Å². The smallest absolute Gasteiger partial charge is 0.293 e. The number of fused-ring (bicyclic) bond motifs is 1. The molecule has 0 radical (unpaired) electrons. The third-order valence-corrected chi connectivity index (χ3v) is 6.17. The summed E-state index contributed by atoms with van der Waals surface area (Å²) < 4.78 is 1.23. The van der Waals surface area contributed by atoms with E-state index >= 15 is 0 Å². The van der Waals surface area contributed by atoms with Gasteiger partial charge in [0, 0.05) is 12.0 Å². The molecule has 3 heterocycles. The minimum Gasteiger partial charge on any atom is -0.335 e. The van der Waals surface area contributed by atoms with E-state index in [4.69, 9.17) is 11.6 Å². The molecule has 0 bridgehead atoms. The molecule has 10 nitrogen and oxygen atoms in total. The molecule has 2 aromatic heterocycles. The SMILES string of the molecule is O=C1NC2(CCCCC2)Nn2c1c(Cl)cc(Nc1cc(NC(=O)C3CC3)ncn1)c2=O. The van der Waals surface area contributed by atoms with Crippen LogP contribution in [0.25, 0.3) is 0 Å². The Morgan fingerprint density at radius 2 is 1.87 bits per heavy atom. The predicted octanol–water partition coefficient (Wildman–Crippen LogP) is 2.33. The Labute approximate surface area is 182 Å². The lowest BCUT2D eigenvalue weighted by molar-refractivity contribution is -0.117. The van der Waals surface area contributed by atoms with Gasteiger partial charge in [-0.2, -0.15) is 0 Å². The van der Waals surface area contributed by atoms with Crippen molar-refractivity contribution in [3.05, 3.63) is 39.5 Å². The van der Waals surface area contributed by atoms with Crippen molar-refractivity contribution in [3.63, 3.8) is 0 Å². The Hall–Kier alpha value is -3.14. The van der Waals surface area contributed by atoms with E-state index in [9.17, 15) is 14.4 Å². The lowest BCUT2D eigenvalue weighted by atomic mass is 9.88. The van der Waals surface area contributed by atoms with E-state index < -0.39 is 11.2 Å². The first-order chi connectivity index (χ1) is 14.9. The standard InChI is InChI=1S/C20H22ClN7O3/c21-12-8-13(24-14-9-15(23-10-22-14)25-17(29)11-4-5-11)19(31)28-16(12)18(30)26-20(27-28)6-2-1-3-7-20/h8-11,27H,1-7H2,(H,26,30)(H2,22,23,24,25,29). The van der Waals surface area contributed by atoms with Crippen LogP contribution < -0.4 is 26.9 Å². The molecule has 162 valence electrons. The van der Waals surface area contributed by atoms with Gasteiger partial charge in [0.25, 0.3) is 11.5 Å². The van der Waals surface area contributed by atoms with Gasteiger partial charge in [-0.25, -0.2) is 14.6 Å². The van der Waals surface area contributed by atoms with Crippen molar-refractivity contribution in [1.29, 1.82) is 0 Å². The molecule has 3 aliphatic rings. The molecule has 0 saturated heterocycles. The molecule has 4 N–H and O–H groups in total. The fraction of sp³-hybridized carbons (Fsp3) is 0.450. The number of carbonyl (C=O) groups is 2. The number of aromatic nitrogens is 3. The zero-order valence-electron chi connectivity index (χ0n) is 16.7. The van der Waals surface area contributed by atoms with Crippen molar-refractivity contribution < 1.29 is 9.59 Å². The topological polar surface area (TPSA) is 130 Å². The van der Waals surface area contributed by atoms with Gasteiger partial charge >= 0.3 is 0 Å². The summed E-state index contributed by atoms with van der Waals surface area (Å²) in [4.78, 5) is 46.1. The Kier molecular flexibility index (Phi) is 4.81. The molecular formula is C20H22ClN7O3. The number of halogens is 1. The van der Waals surface area contributed by atoms with Crippen molar-refractivity contribution in [3.8, 4) is 0 Å². The highest BCUT2D eigenvalue weighted by molar-refractivity contribution is 6.34. The van der Waals surface area contributed by atoms with Crippen LogP contribution in [0.4, 0.5) is 17.3 Å². The molecule has 2 amide bonds. The van der Waals surface area contributed by atoms with Gasteiger partial charge in [0.1, 0.15) is 35.0 Å². The van der Waals surface area contributed by atoms with Gasteiger partial charge < -0.3 is 16.0 Å². The fourth-order valence-corrected chi connectivity index (χ4v) is 4.39. The first kappa shape index (κ1) is 19.8. The van der Waals surface area contributed by atoms with Crippen molar-refractivity contribution in [2.45, 2.75) is 50.6 Å². The number of anilines is 3. The van der Waals surface area contributed by atoms with Crippen molar-refractivity contribution in [2.24, 2.45) is 5.92 Å². The molecular weight excluding hydrogens is 422 g/mol. The number of nitrogens with one attached hydrogen (secondary N) is 4. The maximum atomic E-state index is 13.2.